The Kier molecular flexibility index (Phi) is 17.5. The number of ether oxygens (including phenoxy) is 1. The molecule has 1 saturated heterocycles. The quantitative estimate of drug-likeness (QED) is 0.0622. The highest BCUT2D eigenvalue weighted by atomic mass is 31.3. The van der Waals surface area contributed by atoms with Crippen LogP contribution in [-0.4, -0.2) is 33.5 Å². The number of phosphoric acid groups is 2. The van der Waals surface area contributed by atoms with Crippen molar-refractivity contribution in [1.29, 1.82) is 0 Å². The summed E-state index contributed by atoms with van der Waals surface area (Å²) in [6, 6.07) is 0. The van der Waals surface area contributed by atoms with Crippen molar-refractivity contribution < 1.29 is 37.4 Å². The molecule has 0 aliphatic carbocycles. The Hall–Kier alpha value is 0.220. The number of phosphoric ester groups is 1. The number of epoxide rings is 1. The molecule has 1 fully saturated rings. The van der Waals surface area contributed by atoms with E-state index in [2.05, 4.69) is 15.8 Å². The standard InChI is InChI=1S/C24H50O8P2/c1-2-24(23-30-24)21-19-17-15-13-11-9-7-5-3-4-6-8-10-12-14-16-18-20-22-31-34(28,29)32-33(25,26)27/h2-23H2,1H3,(H,28,29)(H2,25,26,27). The second-order valence-corrected chi connectivity index (χ2v) is 12.6. The van der Waals surface area contributed by atoms with Crippen LogP contribution in [0.25, 0.3) is 0 Å². The number of hydrogen-bond acceptors (Lipinski definition) is 5. The van der Waals surface area contributed by atoms with Crippen LogP contribution in [0.2, 0.25) is 0 Å². The van der Waals surface area contributed by atoms with E-state index in [0.29, 0.717) is 6.42 Å². The van der Waals surface area contributed by atoms with Crippen LogP contribution in [0.15, 0.2) is 0 Å². The molecule has 0 aromatic heterocycles. The van der Waals surface area contributed by atoms with E-state index in [1.807, 2.05) is 0 Å². The van der Waals surface area contributed by atoms with Crippen molar-refractivity contribution in [2.45, 2.75) is 141 Å². The lowest BCUT2D eigenvalue weighted by Gasteiger charge is -2.12. The van der Waals surface area contributed by atoms with Gasteiger partial charge in [0.05, 0.1) is 18.8 Å². The third kappa shape index (κ3) is 19.4. The van der Waals surface area contributed by atoms with Gasteiger partial charge in [0.1, 0.15) is 0 Å². The monoisotopic (exact) mass is 528 g/mol. The summed E-state index contributed by atoms with van der Waals surface area (Å²) in [5, 5.41) is 0. The van der Waals surface area contributed by atoms with E-state index in [4.69, 9.17) is 19.4 Å². The summed E-state index contributed by atoms with van der Waals surface area (Å²) in [5.74, 6) is 0. The fraction of sp³-hybridized carbons (Fsp3) is 1.00. The maximum atomic E-state index is 11.3. The minimum atomic E-state index is -5.03. The molecule has 0 radical (unpaired) electrons. The maximum absolute atomic E-state index is 11.3. The van der Waals surface area contributed by atoms with Gasteiger partial charge in [0.2, 0.25) is 0 Å². The number of hydrogen-bond donors (Lipinski definition) is 3. The molecule has 1 aliphatic heterocycles. The fourth-order valence-electron chi connectivity index (χ4n) is 4.34. The molecule has 1 rings (SSSR count). The number of rotatable bonds is 25. The molecule has 10 heteroatoms. The third-order valence-electron chi connectivity index (χ3n) is 6.69. The van der Waals surface area contributed by atoms with Crippen molar-refractivity contribution in [3.8, 4) is 0 Å². The smallest absolute Gasteiger partial charge is 0.370 e. The molecular weight excluding hydrogens is 478 g/mol. The number of unbranched alkanes of at least 4 members (excludes halogenated alkanes) is 17. The Morgan fingerprint density at radius 2 is 1.03 bits per heavy atom. The van der Waals surface area contributed by atoms with Crippen LogP contribution in [0.5, 0.6) is 0 Å². The summed E-state index contributed by atoms with van der Waals surface area (Å²) < 4.78 is 35.7. The predicted octanol–water partition coefficient (Wildman–Crippen LogP) is 7.80. The highest BCUT2D eigenvalue weighted by Gasteiger charge is 2.41. The first-order valence-corrected chi connectivity index (χ1v) is 16.6. The highest BCUT2D eigenvalue weighted by molar-refractivity contribution is 7.60. The topological polar surface area (TPSA) is 126 Å². The lowest BCUT2D eigenvalue weighted by atomic mass is 9.98. The lowest BCUT2D eigenvalue weighted by Crippen LogP contribution is -2.08. The minimum absolute atomic E-state index is 0.0524. The molecule has 0 amide bonds. The van der Waals surface area contributed by atoms with Crippen molar-refractivity contribution in [1.82, 2.24) is 0 Å². The van der Waals surface area contributed by atoms with E-state index in [1.165, 1.54) is 103 Å². The van der Waals surface area contributed by atoms with Crippen LogP contribution >= 0.6 is 15.6 Å². The first-order chi connectivity index (χ1) is 16.2. The first-order valence-electron chi connectivity index (χ1n) is 13.6. The van der Waals surface area contributed by atoms with Gasteiger partial charge >= 0.3 is 15.6 Å². The van der Waals surface area contributed by atoms with Crippen molar-refractivity contribution >= 4 is 15.6 Å². The van der Waals surface area contributed by atoms with E-state index >= 15 is 0 Å². The molecule has 34 heavy (non-hydrogen) atoms. The van der Waals surface area contributed by atoms with Gasteiger partial charge in [-0.05, 0) is 19.3 Å². The van der Waals surface area contributed by atoms with Crippen molar-refractivity contribution in [3.05, 3.63) is 0 Å². The van der Waals surface area contributed by atoms with Gasteiger partial charge in [-0.25, -0.2) is 9.13 Å². The third-order valence-corrected chi connectivity index (χ3v) is 8.87. The Bertz CT molecular complexity index is 592. The fourth-order valence-corrected chi connectivity index (χ4v) is 5.97. The normalized spacial score (nSPS) is 19.9. The zero-order valence-corrected chi connectivity index (χ0v) is 23.1. The summed E-state index contributed by atoms with van der Waals surface area (Å²) in [7, 11) is -9.71. The SMILES string of the molecule is CCC1(CCCCCCCCCCCCCCCCCCCCOP(=O)(O)OP(=O)(O)O)CO1. The highest BCUT2D eigenvalue weighted by Crippen LogP contribution is 2.57. The van der Waals surface area contributed by atoms with Crippen LogP contribution in [0, 0.1) is 0 Å². The van der Waals surface area contributed by atoms with Crippen molar-refractivity contribution in [2.24, 2.45) is 0 Å². The summed E-state index contributed by atoms with van der Waals surface area (Å²) in [5.41, 5.74) is 0.282. The van der Waals surface area contributed by atoms with E-state index in [9.17, 15) is 9.13 Å². The molecule has 0 aromatic carbocycles. The maximum Gasteiger partial charge on any atom is 0.481 e. The lowest BCUT2D eigenvalue weighted by molar-refractivity contribution is 0.175. The second kappa shape index (κ2) is 18.5. The van der Waals surface area contributed by atoms with E-state index in [0.717, 1.165) is 25.9 Å². The molecule has 1 heterocycles. The molecule has 2 atom stereocenters. The molecule has 204 valence electrons. The van der Waals surface area contributed by atoms with Gasteiger partial charge in [-0.1, -0.05) is 116 Å². The summed E-state index contributed by atoms with van der Waals surface area (Å²) >= 11 is 0. The minimum Gasteiger partial charge on any atom is -0.370 e. The summed E-state index contributed by atoms with van der Waals surface area (Å²) in [4.78, 5) is 26.2. The summed E-state index contributed by atoms with van der Waals surface area (Å²) in [6.45, 7) is 3.17. The molecule has 0 aromatic rings. The van der Waals surface area contributed by atoms with Gasteiger partial charge in [0.15, 0.2) is 0 Å². The molecule has 8 nitrogen and oxygen atoms in total. The Labute approximate surface area is 207 Å². The van der Waals surface area contributed by atoms with Crippen molar-refractivity contribution in [2.75, 3.05) is 13.2 Å². The summed E-state index contributed by atoms with van der Waals surface area (Å²) in [6.07, 6.45) is 24.8. The first kappa shape index (κ1) is 32.2. The van der Waals surface area contributed by atoms with Crippen molar-refractivity contribution in [3.63, 3.8) is 0 Å². The average Bonchev–Trinajstić information content (AvgIpc) is 3.53. The largest absolute Gasteiger partial charge is 0.481 e. The van der Waals surface area contributed by atoms with Gasteiger partial charge in [0.25, 0.3) is 0 Å². The van der Waals surface area contributed by atoms with Gasteiger partial charge in [-0.15, -0.1) is 0 Å². The molecule has 1 aliphatic rings. The molecule has 0 spiro atoms. The molecule has 3 N–H and O–H groups in total. The van der Waals surface area contributed by atoms with Crippen LogP contribution in [0.3, 0.4) is 0 Å². The predicted molar refractivity (Wildman–Crippen MR) is 136 cm³/mol. The molecule has 0 saturated carbocycles. The van der Waals surface area contributed by atoms with E-state index < -0.39 is 15.6 Å². The molecular formula is C24H50O8P2. The van der Waals surface area contributed by atoms with Crippen LogP contribution in [0.1, 0.15) is 135 Å². The Balaban J connectivity index is 1.71. The average molecular weight is 529 g/mol. The van der Waals surface area contributed by atoms with Gasteiger partial charge in [-0.2, -0.15) is 4.31 Å². The van der Waals surface area contributed by atoms with Gasteiger partial charge in [-0.3, -0.25) is 4.52 Å². The second-order valence-electron chi connectivity index (χ2n) is 9.81. The van der Waals surface area contributed by atoms with E-state index in [1.54, 1.807) is 0 Å². The Morgan fingerprint density at radius 3 is 1.35 bits per heavy atom. The molecule has 2 unspecified atom stereocenters. The van der Waals surface area contributed by atoms with E-state index in [-0.39, 0.29) is 12.2 Å². The Morgan fingerprint density at radius 1 is 0.676 bits per heavy atom. The zero-order valence-electron chi connectivity index (χ0n) is 21.3. The molecule has 0 bridgehead atoms. The van der Waals surface area contributed by atoms with Gasteiger partial charge in [0, 0.05) is 0 Å². The van der Waals surface area contributed by atoms with Gasteiger partial charge < -0.3 is 19.4 Å². The van der Waals surface area contributed by atoms with Crippen LogP contribution in [0.4, 0.5) is 0 Å². The zero-order chi connectivity index (χ0) is 25.2. The van der Waals surface area contributed by atoms with Crippen LogP contribution < -0.4 is 0 Å². The van der Waals surface area contributed by atoms with Crippen LogP contribution in [-0.2, 0) is 22.7 Å².